The Morgan fingerprint density at radius 1 is 1.14 bits per heavy atom. The summed E-state index contributed by atoms with van der Waals surface area (Å²) in [6.45, 7) is 2.18. The van der Waals surface area contributed by atoms with Crippen LogP contribution in [0.2, 0.25) is 0 Å². The van der Waals surface area contributed by atoms with Gasteiger partial charge in [-0.25, -0.2) is 12.7 Å². The maximum atomic E-state index is 12.4. The van der Waals surface area contributed by atoms with Gasteiger partial charge in [-0.05, 0) is 24.1 Å². The van der Waals surface area contributed by atoms with E-state index in [0.29, 0.717) is 43.6 Å². The molecule has 1 heterocycles. The highest BCUT2D eigenvalue weighted by molar-refractivity contribution is 7.99. The lowest BCUT2D eigenvalue weighted by molar-refractivity contribution is 0.354. The van der Waals surface area contributed by atoms with Crippen molar-refractivity contribution in [2.45, 2.75) is 6.42 Å². The molecule has 1 aromatic rings. The number of guanidine groups is 1. The minimum atomic E-state index is -3.22. The summed E-state index contributed by atoms with van der Waals surface area (Å²) >= 11 is 1.79. The summed E-state index contributed by atoms with van der Waals surface area (Å²) in [6.07, 6.45) is 0.769. The zero-order chi connectivity index (χ0) is 20.4. The fourth-order valence-corrected chi connectivity index (χ4v) is 5.33. The third-order valence-corrected chi connectivity index (χ3v) is 7.21. The third-order valence-electron chi connectivity index (χ3n) is 4.39. The highest BCUT2D eigenvalue weighted by Gasteiger charge is 2.23. The number of hydrogen-bond acceptors (Lipinski definition) is 6. The molecule has 0 bridgehead atoms. The molecule has 1 aliphatic rings. The van der Waals surface area contributed by atoms with Gasteiger partial charge in [0.15, 0.2) is 17.5 Å². The Kier molecular flexibility index (Phi) is 9.20. The molecule has 0 atom stereocenters. The molecule has 0 amide bonds. The number of nitrogens with zero attached hydrogens (tertiary/aromatic N) is 2. The van der Waals surface area contributed by atoms with Gasteiger partial charge in [0.05, 0.1) is 20.0 Å². The third kappa shape index (κ3) is 6.75. The van der Waals surface area contributed by atoms with E-state index in [-0.39, 0.29) is 5.75 Å². The molecule has 2 rings (SSSR count). The van der Waals surface area contributed by atoms with Crippen LogP contribution in [-0.4, -0.2) is 83.4 Å². The minimum Gasteiger partial charge on any atom is -0.493 e. The molecule has 28 heavy (non-hydrogen) atoms. The Morgan fingerprint density at radius 2 is 1.82 bits per heavy atom. The second kappa shape index (κ2) is 11.4. The predicted octanol–water partition coefficient (Wildman–Crippen LogP) is 0.790. The van der Waals surface area contributed by atoms with Gasteiger partial charge < -0.3 is 20.1 Å². The van der Waals surface area contributed by atoms with Crippen LogP contribution < -0.4 is 20.1 Å². The molecule has 0 aromatic heterocycles. The zero-order valence-corrected chi connectivity index (χ0v) is 18.4. The summed E-state index contributed by atoms with van der Waals surface area (Å²) < 4.78 is 36.9. The summed E-state index contributed by atoms with van der Waals surface area (Å²) in [4.78, 5) is 4.15. The summed E-state index contributed by atoms with van der Waals surface area (Å²) in [7, 11) is 1.68. The molecular weight excluding hydrogens is 400 g/mol. The van der Waals surface area contributed by atoms with E-state index in [4.69, 9.17) is 9.47 Å². The van der Waals surface area contributed by atoms with E-state index in [0.717, 1.165) is 23.5 Å². The van der Waals surface area contributed by atoms with Gasteiger partial charge in [-0.1, -0.05) is 6.07 Å². The fraction of sp³-hybridized carbons (Fsp3) is 0.611. The number of ether oxygens (including phenoxy) is 2. The fourth-order valence-electron chi connectivity index (χ4n) is 2.83. The van der Waals surface area contributed by atoms with Crippen molar-refractivity contribution >= 4 is 27.7 Å². The topological polar surface area (TPSA) is 92.3 Å². The van der Waals surface area contributed by atoms with Gasteiger partial charge in [0.1, 0.15) is 0 Å². The number of rotatable bonds is 9. The van der Waals surface area contributed by atoms with Crippen molar-refractivity contribution in [3.8, 4) is 11.5 Å². The van der Waals surface area contributed by atoms with Crippen LogP contribution in [0.3, 0.4) is 0 Å². The van der Waals surface area contributed by atoms with Crippen molar-refractivity contribution < 1.29 is 17.9 Å². The van der Waals surface area contributed by atoms with E-state index in [9.17, 15) is 8.42 Å². The van der Waals surface area contributed by atoms with Gasteiger partial charge in [0, 0.05) is 44.7 Å². The number of benzene rings is 1. The molecule has 1 saturated heterocycles. The van der Waals surface area contributed by atoms with E-state index in [1.54, 1.807) is 37.3 Å². The van der Waals surface area contributed by atoms with Crippen molar-refractivity contribution in [1.82, 2.24) is 14.9 Å². The molecule has 8 nitrogen and oxygen atoms in total. The number of aliphatic imine (C=N–C) groups is 1. The van der Waals surface area contributed by atoms with Crippen LogP contribution >= 0.6 is 11.8 Å². The molecule has 0 radical (unpaired) electrons. The molecule has 0 saturated carbocycles. The van der Waals surface area contributed by atoms with E-state index in [1.807, 2.05) is 18.2 Å². The quantitative estimate of drug-likeness (QED) is 0.442. The van der Waals surface area contributed by atoms with E-state index >= 15 is 0 Å². The standard InChI is InChI=1S/C18H30N4O4S2/c1-19-18(21-8-13-28(23,24)22-9-11-27-12-10-22)20-7-6-15-4-5-16(25-2)17(14-15)26-3/h4-5,14H,6-13H2,1-3H3,(H2,19,20,21). The smallest absolute Gasteiger partial charge is 0.215 e. The maximum Gasteiger partial charge on any atom is 0.215 e. The van der Waals surface area contributed by atoms with Crippen LogP contribution in [0.4, 0.5) is 0 Å². The number of methoxy groups -OCH3 is 2. The van der Waals surface area contributed by atoms with E-state index < -0.39 is 10.0 Å². The molecule has 10 heteroatoms. The first-order valence-electron chi connectivity index (χ1n) is 9.21. The Balaban J connectivity index is 1.75. The number of hydrogen-bond donors (Lipinski definition) is 2. The number of thioether (sulfide) groups is 1. The van der Waals surface area contributed by atoms with Crippen LogP contribution in [0.1, 0.15) is 5.56 Å². The monoisotopic (exact) mass is 430 g/mol. The molecule has 1 fully saturated rings. The van der Waals surface area contributed by atoms with Gasteiger partial charge >= 0.3 is 0 Å². The lowest BCUT2D eigenvalue weighted by atomic mass is 10.1. The van der Waals surface area contributed by atoms with Gasteiger partial charge in [-0.3, -0.25) is 4.99 Å². The summed E-state index contributed by atoms with van der Waals surface area (Å²) in [5.74, 6) is 3.78. The summed E-state index contributed by atoms with van der Waals surface area (Å²) in [6, 6.07) is 5.81. The Morgan fingerprint density at radius 3 is 2.46 bits per heavy atom. The Labute approximate surface area is 172 Å². The normalized spacial score (nSPS) is 15.9. The van der Waals surface area contributed by atoms with Crippen LogP contribution in [0.5, 0.6) is 11.5 Å². The molecule has 0 spiro atoms. The molecule has 0 aliphatic carbocycles. The van der Waals surface area contributed by atoms with Crippen LogP contribution in [0.25, 0.3) is 0 Å². The maximum absolute atomic E-state index is 12.4. The highest BCUT2D eigenvalue weighted by atomic mass is 32.2. The Hall–Kier alpha value is -1.65. The van der Waals surface area contributed by atoms with Crippen molar-refractivity contribution in [2.24, 2.45) is 4.99 Å². The first kappa shape index (κ1) is 22.6. The van der Waals surface area contributed by atoms with Gasteiger partial charge in [0.25, 0.3) is 0 Å². The second-order valence-corrected chi connectivity index (χ2v) is 9.51. The first-order valence-corrected chi connectivity index (χ1v) is 12.0. The van der Waals surface area contributed by atoms with Crippen LogP contribution in [-0.2, 0) is 16.4 Å². The van der Waals surface area contributed by atoms with Gasteiger partial charge in [-0.2, -0.15) is 11.8 Å². The van der Waals surface area contributed by atoms with Crippen molar-refractivity contribution in [2.75, 3.05) is 64.7 Å². The molecular formula is C18H30N4O4S2. The van der Waals surface area contributed by atoms with E-state index in [1.165, 1.54) is 0 Å². The first-order chi connectivity index (χ1) is 13.5. The molecule has 1 aromatic carbocycles. The lowest BCUT2D eigenvalue weighted by Crippen LogP contribution is -2.44. The van der Waals surface area contributed by atoms with Crippen molar-refractivity contribution in [3.05, 3.63) is 23.8 Å². The number of nitrogens with one attached hydrogen (secondary N) is 2. The average Bonchev–Trinajstić information content (AvgIpc) is 2.73. The zero-order valence-electron chi connectivity index (χ0n) is 16.7. The lowest BCUT2D eigenvalue weighted by Gasteiger charge is -2.25. The van der Waals surface area contributed by atoms with Crippen LogP contribution in [0.15, 0.2) is 23.2 Å². The molecule has 1 aliphatic heterocycles. The SMILES string of the molecule is CN=C(NCCc1ccc(OC)c(OC)c1)NCCS(=O)(=O)N1CCSCC1. The van der Waals surface area contributed by atoms with Gasteiger partial charge in [-0.15, -0.1) is 0 Å². The Bertz CT molecular complexity index is 750. The highest BCUT2D eigenvalue weighted by Crippen LogP contribution is 2.27. The van der Waals surface area contributed by atoms with Crippen LogP contribution in [0, 0.1) is 0 Å². The number of sulfonamides is 1. The second-order valence-electron chi connectivity index (χ2n) is 6.19. The minimum absolute atomic E-state index is 0.0635. The molecule has 2 N–H and O–H groups in total. The van der Waals surface area contributed by atoms with Crippen molar-refractivity contribution in [3.63, 3.8) is 0 Å². The predicted molar refractivity (Wildman–Crippen MR) is 115 cm³/mol. The average molecular weight is 431 g/mol. The summed E-state index contributed by atoms with van der Waals surface area (Å²) in [5.41, 5.74) is 1.10. The molecule has 158 valence electrons. The molecule has 0 unspecified atom stereocenters. The van der Waals surface area contributed by atoms with E-state index in [2.05, 4.69) is 15.6 Å². The largest absolute Gasteiger partial charge is 0.493 e. The summed E-state index contributed by atoms with van der Waals surface area (Å²) in [5, 5.41) is 6.28. The van der Waals surface area contributed by atoms with Crippen molar-refractivity contribution in [1.29, 1.82) is 0 Å². The van der Waals surface area contributed by atoms with Gasteiger partial charge in [0.2, 0.25) is 10.0 Å².